The highest BCUT2D eigenvalue weighted by molar-refractivity contribution is 6.02. The van der Waals surface area contributed by atoms with Gasteiger partial charge in [0.05, 0.1) is 14.2 Å². The quantitative estimate of drug-likeness (QED) is 0.328. The minimum absolute atomic E-state index is 0.179. The normalized spacial score (nSPS) is 11.9. The van der Waals surface area contributed by atoms with Gasteiger partial charge in [0.1, 0.15) is 23.4 Å². The molecule has 0 spiro atoms. The van der Waals surface area contributed by atoms with Gasteiger partial charge in [0, 0.05) is 23.9 Å². The Morgan fingerprint density at radius 1 is 0.971 bits per heavy atom. The number of amides is 2. The predicted molar refractivity (Wildman–Crippen MR) is 127 cm³/mol. The van der Waals surface area contributed by atoms with E-state index in [9.17, 15) is 14.7 Å². The number of carboxylic acid groups (broad SMARTS) is 1. The molecular formula is C25H25N4O5-. The average Bonchev–Trinajstić information content (AvgIpc) is 2.86. The molecule has 0 heterocycles. The number of rotatable bonds is 9. The molecule has 4 N–H and O–H groups in total. The van der Waals surface area contributed by atoms with Crippen molar-refractivity contribution < 1.29 is 24.2 Å². The monoisotopic (exact) mass is 461 g/mol. The number of nitrogens with zero attached hydrogens (tertiary/aromatic N) is 1. The Morgan fingerprint density at radius 3 is 2.15 bits per heavy atom. The van der Waals surface area contributed by atoms with Gasteiger partial charge in [-0.3, -0.25) is 4.79 Å². The summed E-state index contributed by atoms with van der Waals surface area (Å²) in [5, 5.41) is 16.8. The SMILES string of the molecule is COc1cc(OC)cc(C(Nc2ccc(/C(N)=N/C(=O)[O-])cc2)C(=O)NCc2ccccc2)c1. The van der Waals surface area contributed by atoms with Crippen molar-refractivity contribution >= 4 is 23.5 Å². The number of nitrogens with two attached hydrogens (primary N) is 1. The lowest BCUT2D eigenvalue weighted by atomic mass is 10.0. The first-order chi connectivity index (χ1) is 16.4. The zero-order valence-corrected chi connectivity index (χ0v) is 18.8. The Kier molecular flexibility index (Phi) is 8.07. The molecule has 176 valence electrons. The van der Waals surface area contributed by atoms with E-state index in [4.69, 9.17) is 15.2 Å². The number of methoxy groups -OCH3 is 2. The number of hydrogen-bond acceptors (Lipinski definition) is 6. The van der Waals surface area contributed by atoms with E-state index < -0.39 is 12.1 Å². The van der Waals surface area contributed by atoms with Crippen LogP contribution in [0.15, 0.2) is 77.8 Å². The number of hydrogen-bond donors (Lipinski definition) is 3. The lowest BCUT2D eigenvalue weighted by Gasteiger charge is -2.21. The topological polar surface area (TPSA) is 138 Å². The molecule has 0 saturated heterocycles. The molecule has 0 radical (unpaired) electrons. The van der Waals surface area contributed by atoms with Crippen molar-refractivity contribution in [3.8, 4) is 11.5 Å². The van der Waals surface area contributed by atoms with Crippen molar-refractivity contribution in [2.24, 2.45) is 10.7 Å². The van der Waals surface area contributed by atoms with Crippen LogP contribution in [0.1, 0.15) is 22.7 Å². The molecule has 9 heteroatoms. The van der Waals surface area contributed by atoms with Gasteiger partial charge in [-0.2, -0.15) is 0 Å². The fourth-order valence-corrected chi connectivity index (χ4v) is 3.25. The first kappa shape index (κ1) is 24.1. The lowest BCUT2D eigenvalue weighted by molar-refractivity contribution is -0.245. The second-order valence-electron chi connectivity index (χ2n) is 7.27. The van der Waals surface area contributed by atoms with E-state index in [1.807, 2.05) is 30.3 Å². The van der Waals surface area contributed by atoms with Gasteiger partial charge < -0.3 is 35.7 Å². The van der Waals surface area contributed by atoms with Crippen LogP contribution in [-0.4, -0.2) is 32.1 Å². The average molecular weight is 461 g/mol. The summed E-state index contributed by atoms with van der Waals surface area (Å²) in [6, 6.07) is 20.5. The zero-order chi connectivity index (χ0) is 24.5. The smallest absolute Gasteiger partial charge is 0.247 e. The number of anilines is 1. The van der Waals surface area contributed by atoms with Crippen molar-refractivity contribution in [3.05, 3.63) is 89.5 Å². The largest absolute Gasteiger partial charge is 0.528 e. The molecule has 0 aromatic heterocycles. The van der Waals surface area contributed by atoms with Crippen LogP contribution in [0.25, 0.3) is 0 Å². The van der Waals surface area contributed by atoms with Crippen LogP contribution in [0.3, 0.4) is 0 Å². The van der Waals surface area contributed by atoms with Gasteiger partial charge in [0.25, 0.3) is 0 Å². The van der Waals surface area contributed by atoms with Crippen molar-refractivity contribution in [3.63, 3.8) is 0 Å². The minimum Gasteiger partial charge on any atom is -0.528 e. The van der Waals surface area contributed by atoms with E-state index in [2.05, 4.69) is 15.6 Å². The maximum atomic E-state index is 13.3. The number of benzene rings is 3. The van der Waals surface area contributed by atoms with Gasteiger partial charge in [-0.15, -0.1) is 0 Å². The number of nitrogens with one attached hydrogen (secondary N) is 2. The molecule has 0 aliphatic rings. The summed E-state index contributed by atoms with van der Waals surface area (Å²) < 4.78 is 10.7. The van der Waals surface area contributed by atoms with Gasteiger partial charge in [0.2, 0.25) is 5.91 Å². The molecular weight excluding hydrogens is 436 g/mol. The van der Waals surface area contributed by atoms with E-state index in [0.717, 1.165) is 5.56 Å². The highest BCUT2D eigenvalue weighted by atomic mass is 16.5. The molecule has 2 amide bonds. The van der Waals surface area contributed by atoms with Gasteiger partial charge >= 0.3 is 0 Å². The van der Waals surface area contributed by atoms with Crippen molar-refractivity contribution in [2.75, 3.05) is 19.5 Å². The molecule has 3 rings (SSSR count). The highest BCUT2D eigenvalue weighted by Gasteiger charge is 2.22. The van der Waals surface area contributed by atoms with E-state index in [1.165, 1.54) is 14.2 Å². The summed E-state index contributed by atoms with van der Waals surface area (Å²) in [5.41, 5.74) is 8.26. The summed E-state index contributed by atoms with van der Waals surface area (Å²) in [7, 11) is 3.07. The first-order valence-corrected chi connectivity index (χ1v) is 10.4. The summed E-state index contributed by atoms with van der Waals surface area (Å²) in [6.45, 7) is 0.355. The molecule has 34 heavy (non-hydrogen) atoms. The Labute approximate surface area is 197 Å². The number of amidine groups is 1. The molecule has 0 aliphatic heterocycles. The van der Waals surface area contributed by atoms with Crippen LogP contribution in [-0.2, 0) is 11.3 Å². The van der Waals surface area contributed by atoms with Crippen molar-refractivity contribution in [1.82, 2.24) is 5.32 Å². The molecule has 0 fully saturated rings. The number of carbonyl (C=O) groups excluding carboxylic acids is 2. The first-order valence-electron chi connectivity index (χ1n) is 10.4. The third-order valence-corrected chi connectivity index (χ3v) is 4.98. The van der Waals surface area contributed by atoms with Crippen LogP contribution >= 0.6 is 0 Å². The molecule has 9 nitrogen and oxygen atoms in total. The maximum Gasteiger partial charge on any atom is 0.247 e. The third-order valence-electron chi connectivity index (χ3n) is 4.98. The Hall–Kier alpha value is -4.53. The van der Waals surface area contributed by atoms with Crippen LogP contribution in [0.4, 0.5) is 10.5 Å². The van der Waals surface area contributed by atoms with Gasteiger partial charge in [-0.1, -0.05) is 30.3 Å². The fourth-order valence-electron chi connectivity index (χ4n) is 3.25. The molecule has 3 aromatic rings. The molecule has 0 saturated carbocycles. The van der Waals surface area contributed by atoms with Gasteiger partial charge in [0.15, 0.2) is 6.09 Å². The van der Waals surface area contributed by atoms with Gasteiger partial charge in [-0.05, 0) is 47.5 Å². The summed E-state index contributed by atoms with van der Waals surface area (Å²) >= 11 is 0. The van der Waals surface area contributed by atoms with Crippen LogP contribution in [0, 0.1) is 0 Å². The zero-order valence-electron chi connectivity index (χ0n) is 18.8. The third kappa shape index (κ3) is 6.49. The van der Waals surface area contributed by atoms with E-state index in [-0.39, 0.29) is 11.7 Å². The number of aliphatic imine (C=N–C) groups is 1. The van der Waals surface area contributed by atoms with Crippen molar-refractivity contribution in [1.29, 1.82) is 0 Å². The Bertz CT molecular complexity index is 1140. The Morgan fingerprint density at radius 2 is 1.59 bits per heavy atom. The number of carbonyl (C=O) groups is 2. The number of ether oxygens (including phenoxy) is 2. The van der Waals surface area contributed by atoms with E-state index in [1.54, 1.807) is 42.5 Å². The fraction of sp³-hybridized carbons (Fsp3) is 0.160. The second-order valence-corrected chi connectivity index (χ2v) is 7.27. The molecule has 1 unspecified atom stereocenters. The summed E-state index contributed by atoms with van der Waals surface area (Å²) in [5.74, 6) is 0.639. The lowest BCUT2D eigenvalue weighted by Crippen LogP contribution is -2.33. The predicted octanol–water partition coefficient (Wildman–Crippen LogP) is 2.22. The maximum absolute atomic E-state index is 13.3. The van der Waals surface area contributed by atoms with Gasteiger partial charge in [-0.25, -0.2) is 4.99 Å². The Balaban J connectivity index is 1.88. The second kappa shape index (κ2) is 11.4. The molecule has 3 aromatic carbocycles. The van der Waals surface area contributed by atoms with E-state index in [0.29, 0.717) is 34.9 Å². The summed E-state index contributed by atoms with van der Waals surface area (Å²) in [6.07, 6.45) is -1.62. The van der Waals surface area contributed by atoms with Crippen LogP contribution in [0.5, 0.6) is 11.5 Å². The standard InChI is InChI=1S/C25H26N4O5/c1-33-20-12-18(13-21(14-20)34-2)22(24(30)27-15-16-6-4-3-5-7-16)28-19-10-8-17(9-11-19)23(26)29-25(31)32/h3-14,22,28H,15H2,1-2H3,(H2,26,29)(H,27,30)(H,31,32)/p-1. The molecule has 0 aliphatic carbocycles. The van der Waals surface area contributed by atoms with Crippen molar-refractivity contribution in [2.45, 2.75) is 12.6 Å². The molecule has 1 atom stereocenters. The van der Waals surface area contributed by atoms with Crippen LogP contribution in [0.2, 0.25) is 0 Å². The molecule has 0 bridgehead atoms. The van der Waals surface area contributed by atoms with Crippen LogP contribution < -0.4 is 30.9 Å². The minimum atomic E-state index is -1.62. The van der Waals surface area contributed by atoms with E-state index >= 15 is 0 Å². The summed E-state index contributed by atoms with van der Waals surface area (Å²) in [4.78, 5) is 27.1. The highest BCUT2D eigenvalue weighted by Crippen LogP contribution is 2.29.